The highest BCUT2D eigenvalue weighted by Gasteiger charge is 1.97. The van der Waals surface area contributed by atoms with Crippen molar-refractivity contribution in [2.75, 3.05) is 0 Å². The summed E-state index contributed by atoms with van der Waals surface area (Å²) in [5, 5.41) is 9.08. The summed E-state index contributed by atoms with van der Waals surface area (Å²) in [6.45, 7) is 0. The van der Waals surface area contributed by atoms with E-state index in [1.54, 1.807) is 36.4 Å². The second-order valence-corrected chi connectivity index (χ2v) is 3.96. The molecular weight excluding hydrogens is 196 g/mol. The summed E-state index contributed by atoms with van der Waals surface area (Å²) >= 11 is 1.72. The van der Waals surface area contributed by atoms with Crippen molar-refractivity contribution in [3.63, 3.8) is 0 Å². The molecule has 0 amide bonds. The van der Waals surface area contributed by atoms with Crippen LogP contribution in [0, 0.1) is 0 Å². The average Bonchev–Trinajstić information content (AvgIpc) is 2.70. The summed E-state index contributed by atoms with van der Waals surface area (Å²) in [6.07, 6.45) is 3.42. The molecule has 0 bridgehead atoms. The molecule has 0 radical (unpaired) electrons. The first-order chi connectivity index (χ1) is 6.84. The topological polar surface area (TPSA) is 33.4 Å². The van der Waals surface area contributed by atoms with E-state index in [4.69, 9.17) is 9.52 Å². The Kier molecular flexibility index (Phi) is 2.79. The van der Waals surface area contributed by atoms with Crippen LogP contribution in [0.25, 0.3) is 0 Å². The number of furan rings is 1. The van der Waals surface area contributed by atoms with Crippen molar-refractivity contribution in [3.05, 3.63) is 48.4 Å². The van der Waals surface area contributed by atoms with Crippen LogP contribution in [0.5, 0.6) is 5.75 Å². The quantitative estimate of drug-likeness (QED) is 0.782. The highest BCUT2D eigenvalue weighted by Crippen LogP contribution is 2.24. The van der Waals surface area contributed by atoms with Crippen LogP contribution in [0.3, 0.4) is 0 Å². The smallest absolute Gasteiger partial charge is 0.115 e. The van der Waals surface area contributed by atoms with Crippen LogP contribution in [-0.4, -0.2) is 5.11 Å². The van der Waals surface area contributed by atoms with E-state index in [1.165, 1.54) is 5.56 Å². The van der Waals surface area contributed by atoms with Crippen molar-refractivity contribution in [1.29, 1.82) is 0 Å². The summed E-state index contributed by atoms with van der Waals surface area (Å²) in [5.74, 6) is 1.19. The maximum Gasteiger partial charge on any atom is 0.115 e. The Hall–Kier alpha value is -1.35. The maximum absolute atomic E-state index is 9.08. The minimum atomic E-state index is 0.303. The predicted molar refractivity (Wildman–Crippen MR) is 56.4 cm³/mol. The fourth-order valence-electron chi connectivity index (χ4n) is 1.08. The van der Waals surface area contributed by atoms with Gasteiger partial charge in [-0.3, -0.25) is 0 Å². The first-order valence-corrected chi connectivity index (χ1v) is 5.26. The largest absolute Gasteiger partial charge is 0.508 e. The molecule has 0 saturated carbocycles. The van der Waals surface area contributed by atoms with Gasteiger partial charge in [0.25, 0.3) is 0 Å². The van der Waals surface area contributed by atoms with E-state index in [2.05, 4.69) is 0 Å². The first-order valence-electron chi connectivity index (χ1n) is 4.27. The standard InChI is InChI=1S/C11H10O2S/c12-10-1-3-11(4-2-10)14-8-9-5-6-13-7-9/h1-7,12H,8H2. The second-order valence-electron chi connectivity index (χ2n) is 2.91. The first kappa shape index (κ1) is 9.21. The molecule has 0 spiro atoms. The number of thioether (sulfide) groups is 1. The van der Waals surface area contributed by atoms with Crippen LogP contribution in [0.2, 0.25) is 0 Å². The van der Waals surface area contributed by atoms with E-state index in [0.717, 1.165) is 10.6 Å². The Bertz CT molecular complexity index is 378. The molecule has 3 heteroatoms. The van der Waals surface area contributed by atoms with Gasteiger partial charge in [0, 0.05) is 16.2 Å². The van der Waals surface area contributed by atoms with Crippen molar-refractivity contribution in [2.45, 2.75) is 10.6 Å². The lowest BCUT2D eigenvalue weighted by Crippen LogP contribution is -1.75. The van der Waals surface area contributed by atoms with Crippen molar-refractivity contribution in [1.82, 2.24) is 0 Å². The van der Waals surface area contributed by atoms with E-state index in [-0.39, 0.29) is 0 Å². The summed E-state index contributed by atoms with van der Waals surface area (Å²) < 4.78 is 4.97. The molecule has 0 saturated heterocycles. The number of hydrogen-bond acceptors (Lipinski definition) is 3. The number of phenols is 1. The molecule has 1 aromatic heterocycles. The minimum Gasteiger partial charge on any atom is -0.508 e. The maximum atomic E-state index is 9.08. The van der Waals surface area contributed by atoms with Gasteiger partial charge in [-0.25, -0.2) is 0 Å². The molecule has 0 aliphatic rings. The Morgan fingerprint density at radius 1 is 1.14 bits per heavy atom. The molecule has 14 heavy (non-hydrogen) atoms. The Morgan fingerprint density at radius 2 is 1.93 bits per heavy atom. The third-order valence-corrected chi connectivity index (χ3v) is 2.91. The molecule has 0 aliphatic carbocycles. The monoisotopic (exact) mass is 206 g/mol. The van der Waals surface area contributed by atoms with Gasteiger partial charge in [-0.1, -0.05) is 0 Å². The lowest BCUT2D eigenvalue weighted by Gasteiger charge is -1.99. The molecule has 0 atom stereocenters. The minimum absolute atomic E-state index is 0.303. The van der Waals surface area contributed by atoms with Gasteiger partial charge in [-0.15, -0.1) is 11.8 Å². The van der Waals surface area contributed by atoms with Gasteiger partial charge >= 0.3 is 0 Å². The number of rotatable bonds is 3. The number of phenolic OH excluding ortho intramolecular Hbond substituents is 1. The van der Waals surface area contributed by atoms with Crippen molar-refractivity contribution in [2.24, 2.45) is 0 Å². The molecule has 2 aromatic rings. The van der Waals surface area contributed by atoms with Crippen molar-refractivity contribution < 1.29 is 9.52 Å². The van der Waals surface area contributed by atoms with Gasteiger partial charge in [-0.05, 0) is 30.3 Å². The SMILES string of the molecule is Oc1ccc(SCc2ccoc2)cc1. The lowest BCUT2D eigenvalue weighted by atomic mass is 10.3. The molecule has 0 fully saturated rings. The second kappa shape index (κ2) is 4.24. The van der Waals surface area contributed by atoms with Crippen LogP contribution in [-0.2, 0) is 5.75 Å². The van der Waals surface area contributed by atoms with Gasteiger partial charge in [0.1, 0.15) is 5.75 Å². The highest BCUT2D eigenvalue weighted by atomic mass is 32.2. The number of hydrogen-bond donors (Lipinski definition) is 1. The molecule has 0 unspecified atom stereocenters. The fourth-order valence-corrected chi connectivity index (χ4v) is 1.91. The van der Waals surface area contributed by atoms with Crippen LogP contribution in [0.1, 0.15) is 5.56 Å². The summed E-state index contributed by atoms with van der Waals surface area (Å²) in [6, 6.07) is 9.14. The summed E-state index contributed by atoms with van der Waals surface area (Å²) in [4.78, 5) is 1.14. The van der Waals surface area contributed by atoms with Crippen LogP contribution < -0.4 is 0 Å². The van der Waals surface area contributed by atoms with Gasteiger partial charge < -0.3 is 9.52 Å². The van der Waals surface area contributed by atoms with Gasteiger partial charge in [0.2, 0.25) is 0 Å². The zero-order chi connectivity index (χ0) is 9.80. The van der Waals surface area contributed by atoms with Gasteiger partial charge in [0.05, 0.1) is 12.5 Å². The molecule has 1 aromatic carbocycles. The van der Waals surface area contributed by atoms with Crippen LogP contribution >= 0.6 is 11.8 Å². The predicted octanol–water partition coefficient (Wildman–Crippen LogP) is 3.28. The molecule has 1 N–H and O–H groups in total. The molecule has 2 rings (SSSR count). The Labute approximate surface area is 86.6 Å². The number of benzene rings is 1. The Morgan fingerprint density at radius 3 is 2.57 bits per heavy atom. The fraction of sp³-hybridized carbons (Fsp3) is 0.0909. The van der Waals surface area contributed by atoms with Crippen molar-refractivity contribution >= 4 is 11.8 Å². The molecule has 72 valence electrons. The molecule has 2 nitrogen and oxygen atoms in total. The van der Waals surface area contributed by atoms with E-state index in [1.807, 2.05) is 18.2 Å². The van der Waals surface area contributed by atoms with Gasteiger partial charge in [0.15, 0.2) is 0 Å². The molecule has 1 heterocycles. The van der Waals surface area contributed by atoms with Crippen molar-refractivity contribution in [3.8, 4) is 5.75 Å². The molecular formula is C11H10O2S. The zero-order valence-corrected chi connectivity index (χ0v) is 8.33. The average molecular weight is 206 g/mol. The van der Waals surface area contributed by atoms with Crippen LogP contribution in [0.15, 0.2) is 52.2 Å². The van der Waals surface area contributed by atoms with E-state index in [0.29, 0.717) is 5.75 Å². The van der Waals surface area contributed by atoms with E-state index < -0.39 is 0 Å². The number of aromatic hydroxyl groups is 1. The third-order valence-electron chi connectivity index (χ3n) is 1.82. The Balaban J connectivity index is 1.95. The lowest BCUT2D eigenvalue weighted by molar-refractivity contribution is 0.475. The summed E-state index contributed by atoms with van der Waals surface area (Å²) in [5.41, 5.74) is 1.17. The normalized spacial score (nSPS) is 10.3. The van der Waals surface area contributed by atoms with Crippen LogP contribution in [0.4, 0.5) is 0 Å². The van der Waals surface area contributed by atoms with E-state index in [9.17, 15) is 0 Å². The van der Waals surface area contributed by atoms with E-state index >= 15 is 0 Å². The summed E-state index contributed by atoms with van der Waals surface area (Å²) in [7, 11) is 0. The zero-order valence-electron chi connectivity index (χ0n) is 7.51. The third kappa shape index (κ3) is 2.33. The highest BCUT2D eigenvalue weighted by molar-refractivity contribution is 7.98. The van der Waals surface area contributed by atoms with Gasteiger partial charge in [-0.2, -0.15) is 0 Å². The molecule has 0 aliphatic heterocycles.